The lowest BCUT2D eigenvalue weighted by molar-refractivity contribution is -0.116. The van der Waals surface area contributed by atoms with Crippen LogP contribution in [0.4, 0.5) is 5.69 Å². The molecule has 0 aliphatic carbocycles. The van der Waals surface area contributed by atoms with Crippen LogP contribution in [0.5, 0.6) is 5.75 Å². The van der Waals surface area contributed by atoms with Crippen LogP contribution in [0.1, 0.15) is 29.3 Å². The maximum absolute atomic E-state index is 12.8. The fourth-order valence-corrected chi connectivity index (χ4v) is 3.66. The lowest BCUT2D eigenvalue weighted by atomic mass is 10.1. The summed E-state index contributed by atoms with van der Waals surface area (Å²) in [6.45, 7) is 3.53. The lowest BCUT2D eigenvalue weighted by Crippen LogP contribution is -2.31. The van der Waals surface area contributed by atoms with E-state index in [0.717, 1.165) is 29.8 Å². The quantitative estimate of drug-likeness (QED) is 0.851. The minimum atomic E-state index is 0.00369. The zero-order valence-corrected chi connectivity index (χ0v) is 14.7. The minimum Gasteiger partial charge on any atom is -0.488 e. The van der Waals surface area contributed by atoms with Gasteiger partial charge in [-0.3, -0.25) is 14.6 Å². The number of carbonyl (C=O) groups excluding carboxylic acids is 2. The monoisotopic (exact) mass is 351 g/mol. The molecule has 6 nitrogen and oxygen atoms in total. The Labute approximate surface area is 152 Å². The van der Waals surface area contributed by atoms with E-state index in [1.807, 2.05) is 35.2 Å². The third-order valence-corrected chi connectivity index (χ3v) is 4.99. The van der Waals surface area contributed by atoms with Crippen molar-refractivity contribution in [2.75, 3.05) is 24.5 Å². The molecule has 0 radical (unpaired) electrons. The van der Waals surface area contributed by atoms with Gasteiger partial charge in [0.2, 0.25) is 5.91 Å². The van der Waals surface area contributed by atoms with Gasteiger partial charge in [0.15, 0.2) is 0 Å². The van der Waals surface area contributed by atoms with Gasteiger partial charge < -0.3 is 14.5 Å². The molecular formula is C20H21N3O3. The smallest absolute Gasteiger partial charge is 0.253 e. The van der Waals surface area contributed by atoms with E-state index in [1.165, 1.54) is 0 Å². The van der Waals surface area contributed by atoms with Crippen LogP contribution < -0.4 is 9.64 Å². The average molecular weight is 351 g/mol. The van der Waals surface area contributed by atoms with Crippen LogP contribution in [0.25, 0.3) is 0 Å². The highest BCUT2D eigenvalue weighted by Gasteiger charge is 2.29. The summed E-state index contributed by atoms with van der Waals surface area (Å²) < 4.78 is 5.93. The van der Waals surface area contributed by atoms with E-state index >= 15 is 0 Å². The van der Waals surface area contributed by atoms with Crippen molar-refractivity contribution in [1.29, 1.82) is 0 Å². The maximum Gasteiger partial charge on any atom is 0.253 e. The van der Waals surface area contributed by atoms with E-state index in [0.29, 0.717) is 25.2 Å². The van der Waals surface area contributed by atoms with Crippen molar-refractivity contribution >= 4 is 17.5 Å². The molecule has 1 aromatic carbocycles. The van der Waals surface area contributed by atoms with Crippen LogP contribution >= 0.6 is 0 Å². The summed E-state index contributed by atoms with van der Waals surface area (Å²) in [7, 11) is 0. The first-order valence-corrected chi connectivity index (χ1v) is 8.89. The summed E-state index contributed by atoms with van der Waals surface area (Å²) in [5, 5.41) is 0. The number of benzene rings is 1. The van der Waals surface area contributed by atoms with Gasteiger partial charge in [-0.05, 0) is 42.3 Å². The highest BCUT2D eigenvalue weighted by molar-refractivity contribution is 5.98. The third kappa shape index (κ3) is 3.14. The number of pyridine rings is 1. The Balaban J connectivity index is 1.43. The molecule has 1 atom stereocenters. The number of nitrogens with zero attached hydrogens (tertiary/aromatic N) is 3. The van der Waals surface area contributed by atoms with E-state index in [4.69, 9.17) is 4.74 Å². The molecule has 2 aliphatic heterocycles. The molecule has 0 spiro atoms. The van der Waals surface area contributed by atoms with Crippen molar-refractivity contribution in [3.63, 3.8) is 0 Å². The fraction of sp³-hybridized carbons (Fsp3) is 0.350. The first-order valence-electron chi connectivity index (χ1n) is 8.89. The first kappa shape index (κ1) is 16.6. The Kier molecular flexibility index (Phi) is 4.32. The second-order valence-corrected chi connectivity index (χ2v) is 6.73. The van der Waals surface area contributed by atoms with E-state index < -0.39 is 0 Å². The first-order chi connectivity index (χ1) is 12.6. The van der Waals surface area contributed by atoms with Crippen LogP contribution in [-0.4, -0.2) is 47.4 Å². The summed E-state index contributed by atoms with van der Waals surface area (Å²) in [5.74, 6) is 0.842. The molecule has 134 valence electrons. The second kappa shape index (κ2) is 6.78. The largest absolute Gasteiger partial charge is 0.488 e. The molecule has 1 saturated heterocycles. The van der Waals surface area contributed by atoms with Crippen molar-refractivity contribution in [2.24, 2.45) is 0 Å². The van der Waals surface area contributed by atoms with Gasteiger partial charge in [0.05, 0.1) is 6.54 Å². The normalized spacial score (nSPS) is 18.7. The summed E-state index contributed by atoms with van der Waals surface area (Å²) >= 11 is 0. The molecule has 2 aromatic rings. The summed E-state index contributed by atoms with van der Waals surface area (Å²) in [5.41, 5.74) is 2.67. The van der Waals surface area contributed by atoms with Crippen LogP contribution in [0, 0.1) is 0 Å². The Morgan fingerprint density at radius 3 is 2.73 bits per heavy atom. The molecule has 4 rings (SSSR count). The van der Waals surface area contributed by atoms with Crippen LogP contribution in [0.3, 0.4) is 0 Å². The summed E-state index contributed by atoms with van der Waals surface area (Å²) in [6, 6.07) is 9.28. The van der Waals surface area contributed by atoms with Crippen molar-refractivity contribution in [1.82, 2.24) is 9.88 Å². The summed E-state index contributed by atoms with van der Waals surface area (Å²) in [4.78, 5) is 32.1. The number of aromatic nitrogens is 1. The molecular weight excluding hydrogens is 330 g/mol. The van der Waals surface area contributed by atoms with Gasteiger partial charge in [-0.25, -0.2) is 0 Å². The number of amides is 2. The molecule has 2 aliphatic rings. The lowest BCUT2D eigenvalue weighted by Gasteiger charge is -2.18. The van der Waals surface area contributed by atoms with Gasteiger partial charge in [0, 0.05) is 50.1 Å². The molecule has 0 unspecified atom stereocenters. The van der Waals surface area contributed by atoms with Gasteiger partial charge in [0.1, 0.15) is 11.9 Å². The standard InChI is InChI=1S/C20H21N3O3/c1-14(24)23-11-6-15-12-16(2-3-19(15)23)20(25)22-10-7-18(13-22)26-17-4-8-21-9-5-17/h2-5,8-9,12,18H,6-7,10-11,13H2,1H3/t18-/m1/s1. The van der Waals surface area contributed by atoms with Crippen LogP contribution in [-0.2, 0) is 11.2 Å². The van der Waals surface area contributed by atoms with Crippen molar-refractivity contribution in [3.8, 4) is 5.75 Å². The SMILES string of the molecule is CC(=O)N1CCc2cc(C(=O)N3CC[C@@H](Oc4ccncc4)C3)ccc21. The molecule has 0 N–H and O–H groups in total. The third-order valence-electron chi connectivity index (χ3n) is 4.99. The van der Waals surface area contributed by atoms with E-state index in [-0.39, 0.29) is 17.9 Å². The van der Waals surface area contributed by atoms with Crippen molar-refractivity contribution in [3.05, 3.63) is 53.9 Å². The van der Waals surface area contributed by atoms with Gasteiger partial charge in [-0.2, -0.15) is 0 Å². The zero-order chi connectivity index (χ0) is 18.1. The molecule has 1 fully saturated rings. The van der Waals surface area contributed by atoms with E-state index in [9.17, 15) is 9.59 Å². The Hall–Kier alpha value is -2.89. The van der Waals surface area contributed by atoms with Crippen LogP contribution in [0.15, 0.2) is 42.7 Å². The number of fused-ring (bicyclic) bond motifs is 1. The number of carbonyl (C=O) groups is 2. The molecule has 3 heterocycles. The number of anilines is 1. The number of ether oxygens (including phenoxy) is 1. The van der Waals surface area contributed by atoms with Gasteiger partial charge >= 0.3 is 0 Å². The fourth-order valence-electron chi connectivity index (χ4n) is 3.66. The number of likely N-dealkylation sites (tertiary alicyclic amines) is 1. The van der Waals surface area contributed by atoms with Gasteiger partial charge in [-0.15, -0.1) is 0 Å². The Morgan fingerprint density at radius 1 is 1.15 bits per heavy atom. The zero-order valence-electron chi connectivity index (χ0n) is 14.7. The Morgan fingerprint density at radius 2 is 1.96 bits per heavy atom. The molecule has 0 saturated carbocycles. The van der Waals surface area contributed by atoms with Gasteiger partial charge in [-0.1, -0.05) is 0 Å². The summed E-state index contributed by atoms with van der Waals surface area (Å²) in [6.07, 6.45) is 5.01. The number of rotatable bonds is 3. The predicted molar refractivity (Wildman–Crippen MR) is 97.3 cm³/mol. The van der Waals surface area contributed by atoms with Crippen LogP contribution in [0.2, 0.25) is 0 Å². The minimum absolute atomic E-state index is 0.00369. The molecule has 26 heavy (non-hydrogen) atoms. The molecule has 2 amide bonds. The maximum atomic E-state index is 12.8. The van der Waals surface area contributed by atoms with E-state index in [1.54, 1.807) is 24.2 Å². The molecule has 6 heteroatoms. The highest BCUT2D eigenvalue weighted by Crippen LogP contribution is 2.29. The molecule has 1 aromatic heterocycles. The van der Waals surface area contributed by atoms with Gasteiger partial charge in [0.25, 0.3) is 5.91 Å². The highest BCUT2D eigenvalue weighted by atomic mass is 16.5. The number of hydrogen-bond donors (Lipinski definition) is 0. The molecule has 0 bridgehead atoms. The topological polar surface area (TPSA) is 62.7 Å². The second-order valence-electron chi connectivity index (χ2n) is 6.73. The number of hydrogen-bond acceptors (Lipinski definition) is 4. The van der Waals surface area contributed by atoms with Crippen molar-refractivity contribution < 1.29 is 14.3 Å². The Bertz CT molecular complexity index is 837. The van der Waals surface area contributed by atoms with E-state index in [2.05, 4.69) is 4.98 Å². The predicted octanol–water partition coefficient (Wildman–Crippen LogP) is 2.28. The van der Waals surface area contributed by atoms with Crippen molar-refractivity contribution in [2.45, 2.75) is 25.9 Å². The average Bonchev–Trinajstić information content (AvgIpc) is 3.28.